The molecule has 0 aliphatic heterocycles. The van der Waals surface area contributed by atoms with Gasteiger partial charge >= 0.3 is 6.03 Å². The van der Waals surface area contributed by atoms with Crippen LogP contribution in [0.1, 0.15) is 25.0 Å². The standard InChI is InChI=1S/C11H15N3O/c1-3-9-4-6-10(7-5-9)8(2)13-14-11(12)15/h4-7H,3H2,1-2H3,(H3,12,14,15)/b13-8+. The highest BCUT2D eigenvalue weighted by Crippen LogP contribution is 2.05. The zero-order valence-electron chi connectivity index (χ0n) is 8.95. The third-order valence-corrected chi connectivity index (χ3v) is 2.11. The molecule has 0 spiro atoms. The van der Waals surface area contributed by atoms with Crippen molar-refractivity contribution >= 4 is 11.7 Å². The highest BCUT2D eigenvalue weighted by Gasteiger charge is 1.97. The molecule has 1 rings (SSSR count). The molecule has 0 bridgehead atoms. The molecular weight excluding hydrogens is 190 g/mol. The first-order valence-electron chi connectivity index (χ1n) is 4.82. The molecule has 0 aliphatic carbocycles. The molecule has 4 nitrogen and oxygen atoms in total. The van der Waals surface area contributed by atoms with Crippen molar-refractivity contribution in [1.82, 2.24) is 5.43 Å². The maximum atomic E-state index is 10.4. The van der Waals surface area contributed by atoms with Crippen molar-refractivity contribution in [3.8, 4) is 0 Å². The minimum atomic E-state index is -0.653. The Hall–Kier alpha value is -1.84. The van der Waals surface area contributed by atoms with E-state index in [0.717, 1.165) is 17.7 Å². The minimum absolute atomic E-state index is 0.653. The predicted octanol–water partition coefficient (Wildman–Crippen LogP) is 1.64. The summed E-state index contributed by atoms with van der Waals surface area (Å²) in [6.45, 7) is 3.92. The number of nitrogens with two attached hydrogens (primary N) is 1. The third-order valence-electron chi connectivity index (χ3n) is 2.11. The predicted molar refractivity (Wildman–Crippen MR) is 60.8 cm³/mol. The summed E-state index contributed by atoms with van der Waals surface area (Å²) < 4.78 is 0. The smallest absolute Gasteiger partial charge is 0.332 e. The van der Waals surface area contributed by atoms with Gasteiger partial charge in [0.25, 0.3) is 0 Å². The van der Waals surface area contributed by atoms with Crippen LogP contribution in [-0.4, -0.2) is 11.7 Å². The van der Waals surface area contributed by atoms with Crippen LogP contribution in [0.15, 0.2) is 29.4 Å². The summed E-state index contributed by atoms with van der Waals surface area (Å²) in [6.07, 6.45) is 1.01. The second-order valence-electron chi connectivity index (χ2n) is 3.22. The average Bonchev–Trinajstić information content (AvgIpc) is 2.26. The lowest BCUT2D eigenvalue weighted by Gasteiger charge is -2.02. The zero-order chi connectivity index (χ0) is 11.3. The van der Waals surface area contributed by atoms with Crippen LogP contribution in [0.25, 0.3) is 0 Å². The quantitative estimate of drug-likeness (QED) is 0.571. The summed E-state index contributed by atoms with van der Waals surface area (Å²) in [6, 6.07) is 7.37. The van der Waals surface area contributed by atoms with E-state index in [-0.39, 0.29) is 0 Å². The number of urea groups is 1. The summed E-state index contributed by atoms with van der Waals surface area (Å²) >= 11 is 0. The number of hydrazone groups is 1. The molecule has 4 heteroatoms. The van der Waals surface area contributed by atoms with Gasteiger partial charge < -0.3 is 5.73 Å². The molecule has 0 aliphatic rings. The van der Waals surface area contributed by atoms with Gasteiger partial charge in [-0.05, 0) is 24.5 Å². The number of rotatable bonds is 3. The van der Waals surface area contributed by atoms with E-state index in [1.807, 2.05) is 31.2 Å². The monoisotopic (exact) mass is 205 g/mol. The first-order valence-corrected chi connectivity index (χ1v) is 4.82. The Morgan fingerprint density at radius 3 is 2.47 bits per heavy atom. The van der Waals surface area contributed by atoms with Crippen molar-refractivity contribution in [3.63, 3.8) is 0 Å². The molecular formula is C11H15N3O. The number of hydrogen-bond acceptors (Lipinski definition) is 2. The first kappa shape index (κ1) is 11.2. The highest BCUT2D eigenvalue weighted by molar-refractivity contribution is 5.99. The largest absolute Gasteiger partial charge is 0.350 e. The van der Waals surface area contributed by atoms with E-state index in [1.165, 1.54) is 5.56 Å². The number of benzene rings is 1. The van der Waals surface area contributed by atoms with Gasteiger partial charge in [-0.15, -0.1) is 0 Å². The fraction of sp³-hybridized carbons (Fsp3) is 0.273. The molecule has 0 saturated carbocycles. The van der Waals surface area contributed by atoms with Gasteiger partial charge in [0.05, 0.1) is 5.71 Å². The van der Waals surface area contributed by atoms with Gasteiger partial charge in [-0.2, -0.15) is 5.10 Å². The number of nitrogens with one attached hydrogen (secondary N) is 1. The summed E-state index contributed by atoms with van der Waals surface area (Å²) in [4.78, 5) is 10.4. The normalized spacial score (nSPS) is 11.2. The van der Waals surface area contributed by atoms with Crippen molar-refractivity contribution in [2.24, 2.45) is 10.8 Å². The lowest BCUT2D eigenvalue weighted by Crippen LogP contribution is -2.25. The molecule has 0 heterocycles. The van der Waals surface area contributed by atoms with E-state index in [1.54, 1.807) is 0 Å². The molecule has 0 fully saturated rings. The Balaban J connectivity index is 2.77. The molecule has 0 saturated heterocycles. The number of nitrogens with zero attached hydrogens (tertiary/aromatic N) is 1. The third kappa shape index (κ3) is 3.42. The van der Waals surface area contributed by atoms with Crippen LogP contribution >= 0.6 is 0 Å². The Morgan fingerprint density at radius 2 is 2.00 bits per heavy atom. The molecule has 1 aromatic rings. The summed E-state index contributed by atoms with van der Waals surface area (Å²) in [7, 11) is 0. The molecule has 3 N–H and O–H groups in total. The second-order valence-corrected chi connectivity index (χ2v) is 3.22. The second kappa shape index (κ2) is 5.14. The number of carbonyl (C=O) groups excluding carboxylic acids is 1. The summed E-state index contributed by atoms with van der Waals surface area (Å²) in [5, 5.41) is 3.84. The van der Waals surface area contributed by atoms with Crippen LogP contribution in [0.3, 0.4) is 0 Å². The molecule has 0 unspecified atom stereocenters. The molecule has 1 aromatic carbocycles. The average molecular weight is 205 g/mol. The van der Waals surface area contributed by atoms with Crippen LogP contribution in [0.5, 0.6) is 0 Å². The van der Waals surface area contributed by atoms with E-state index in [9.17, 15) is 4.79 Å². The fourth-order valence-electron chi connectivity index (χ4n) is 1.19. The van der Waals surface area contributed by atoms with Crippen molar-refractivity contribution in [2.75, 3.05) is 0 Å². The number of amides is 2. The van der Waals surface area contributed by atoms with Crippen LogP contribution in [-0.2, 0) is 6.42 Å². The molecule has 0 atom stereocenters. The van der Waals surface area contributed by atoms with Gasteiger partial charge in [-0.25, -0.2) is 10.2 Å². The molecule has 0 aromatic heterocycles. The van der Waals surface area contributed by atoms with Gasteiger partial charge in [-0.1, -0.05) is 31.2 Å². The van der Waals surface area contributed by atoms with Crippen LogP contribution in [0.2, 0.25) is 0 Å². The number of aryl methyl sites for hydroxylation is 1. The van der Waals surface area contributed by atoms with E-state index in [2.05, 4.69) is 17.5 Å². The number of hydrogen-bond donors (Lipinski definition) is 2. The van der Waals surface area contributed by atoms with Crippen LogP contribution in [0.4, 0.5) is 4.79 Å². The van der Waals surface area contributed by atoms with E-state index < -0.39 is 6.03 Å². The van der Waals surface area contributed by atoms with E-state index in [0.29, 0.717) is 0 Å². The number of primary amides is 1. The maximum Gasteiger partial charge on any atom is 0.332 e. The summed E-state index contributed by atoms with van der Waals surface area (Å²) in [5.74, 6) is 0. The SMILES string of the molecule is CCc1ccc(/C(C)=N/NC(N)=O)cc1. The summed E-state index contributed by atoms with van der Waals surface area (Å²) in [5.41, 5.74) is 10.1. The van der Waals surface area contributed by atoms with Gasteiger partial charge in [0.1, 0.15) is 0 Å². The van der Waals surface area contributed by atoms with Crippen LogP contribution < -0.4 is 11.2 Å². The Labute approximate surface area is 89.2 Å². The maximum absolute atomic E-state index is 10.4. The topological polar surface area (TPSA) is 67.5 Å². The molecule has 2 amide bonds. The van der Waals surface area contributed by atoms with E-state index in [4.69, 9.17) is 5.73 Å². The van der Waals surface area contributed by atoms with Gasteiger partial charge in [0, 0.05) is 0 Å². The van der Waals surface area contributed by atoms with Crippen molar-refractivity contribution in [3.05, 3.63) is 35.4 Å². The van der Waals surface area contributed by atoms with Crippen molar-refractivity contribution < 1.29 is 4.79 Å². The van der Waals surface area contributed by atoms with Gasteiger partial charge in [0.2, 0.25) is 0 Å². The Bertz CT molecular complexity index is 368. The lowest BCUT2D eigenvalue weighted by molar-refractivity contribution is 0.249. The molecule has 15 heavy (non-hydrogen) atoms. The Kier molecular flexibility index (Phi) is 3.85. The van der Waals surface area contributed by atoms with Crippen molar-refractivity contribution in [2.45, 2.75) is 20.3 Å². The fourth-order valence-corrected chi connectivity index (χ4v) is 1.19. The van der Waals surface area contributed by atoms with E-state index >= 15 is 0 Å². The number of carbonyl (C=O) groups is 1. The highest BCUT2D eigenvalue weighted by atomic mass is 16.2. The molecule has 80 valence electrons. The van der Waals surface area contributed by atoms with Crippen molar-refractivity contribution in [1.29, 1.82) is 0 Å². The van der Waals surface area contributed by atoms with Gasteiger partial charge in [0.15, 0.2) is 0 Å². The molecule has 0 radical (unpaired) electrons. The zero-order valence-corrected chi connectivity index (χ0v) is 8.95. The first-order chi connectivity index (χ1) is 7.13. The minimum Gasteiger partial charge on any atom is -0.350 e. The van der Waals surface area contributed by atoms with Gasteiger partial charge in [-0.3, -0.25) is 0 Å². The van der Waals surface area contributed by atoms with Crippen LogP contribution in [0, 0.1) is 0 Å². The lowest BCUT2D eigenvalue weighted by atomic mass is 10.1. The Morgan fingerprint density at radius 1 is 1.40 bits per heavy atom.